The molecular weight excluding hydrogens is 510 g/mol. The van der Waals surface area contributed by atoms with Crippen LogP contribution in [0.4, 0.5) is 5.69 Å². The Bertz CT molecular complexity index is 1400. The first-order valence-corrected chi connectivity index (χ1v) is 14.7. The SMILES string of the molecule is CC[C@H](C)NC(=O)[C@H](C)N(Cc1cccc(C)c1)C(=O)CN(c1ccccc1C)S(=O)(=O)c1ccc(C)cc1. The summed E-state index contributed by atoms with van der Waals surface area (Å²) in [6.45, 7) is 10.9. The number of para-hydroxylation sites is 1. The third-order valence-corrected chi connectivity index (χ3v) is 8.65. The smallest absolute Gasteiger partial charge is 0.264 e. The Morgan fingerprint density at radius 2 is 1.54 bits per heavy atom. The summed E-state index contributed by atoms with van der Waals surface area (Å²) in [5.74, 6) is -0.753. The van der Waals surface area contributed by atoms with Crippen LogP contribution in [-0.4, -0.2) is 43.8 Å². The lowest BCUT2D eigenvalue weighted by atomic mass is 10.1. The molecule has 2 amide bonds. The maximum absolute atomic E-state index is 14.0. The molecule has 3 rings (SSSR count). The normalized spacial score (nSPS) is 12.9. The monoisotopic (exact) mass is 549 g/mol. The van der Waals surface area contributed by atoms with Crippen molar-refractivity contribution in [1.82, 2.24) is 10.2 Å². The second-order valence-corrected chi connectivity index (χ2v) is 12.0. The lowest BCUT2D eigenvalue weighted by Gasteiger charge is -2.33. The summed E-state index contributed by atoms with van der Waals surface area (Å²) in [6.07, 6.45) is 0.750. The Balaban J connectivity index is 2.04. The van der Waals surface area contributed by atoms with Crippen LogP contribution >= 0.6 is 0 Å². The van der Waals surface area contributed by atoms with Crippen molar-refractivity contribution in [1.29, 1.82) is 0 Å². The molecule has 3 aromatic rings. The zero-order chi connectivity index (χ0) is 28.7. The number of carbonyl (C=O) groups is 2. The van der Waals surface area contributed by atoms with Gasteiger partial charge in [-0.2, -0.15) is 0 Å². The lowest BCUT2D eigenvalue weighted by molar-refractivity contribution is -0.139. The van der Waals surface area contributed by atoms with Gasteiger partial charge in [0.25, 0.3) is 10.0 Å². The van der Waals surface area contributed by atoms with Crippen molar-refractivity contribution in [3.63, 3.8) is 0 Å². The highest BCUT2D eigenvalue weighted by atomic mass is 32.2. The molecule has 7 nitrogen and oxygen atoms in total. The van der Waals surface area contributed by atoms with E-state index in [0.717, 1.165) is 27.4 Å². The summed E-state index contributed by atoms with van der Waals surface area (Å²) in [7, 11) is -4.09. The Labute approximate surface area is 232 Å². The molecule has 0 radical (unpaired) electrons. The van der Waals surface area contributed by atoms with Crippen molar-refractivity contribution < 1.29 is 18.0 Å². The summed E-state index contributed by atoms with van der Waals surface area (Å²) in [5.41, 5.74) is 3.95. The van der Waals surface area contributed by atoms with Crippen LogP contribution in [0.1, 0.15) is 49.4 Å². The second-order valence-electron chi connectivity index (χ2n) is 10.1. The molecule has 0 spiro atoms. The summed E-state index contributed by atoms with van der Waals surface area (Å²) in [4.78, 5) is 28.7. The minimum absolute atomic E-state index is 0.0544. The molecule has 1 N–H and O–H groups in total. The number of nitrogens with one attached hydrogen (secondary N) is 1. The first kappa shape index (κ1) is 29.9. The maximum atomic E-state index is 14.0. The van der Waals surface area contributed by atoms with Gasteiger partial charge in [0, 0.05) is 12.6 Å². The van der Waals surface area contributed by atoms with Crippen LogP contribution < -0.4 is 9.62 Å². The molecule has 0 unspecified atom stereocenters. The fraction of sp³-hybridized carbons (Fsp3) is 0.355. The number of carbonyl (C=O) groups excluding carboxylic acids is 2. The van der Waals surface area contributed by atoms with Gasteiger partial charge in [-0.3, -0.25) is 13.9 Å². The van der Waals surface area contributed by atoms with Crippen LogP contribution in [0, 0.1) is 20.8 Å². The van der Waals surface area contributed by atoms with Gasteiger partial charge < -0.3 is 10.2 Å². The van der Waals surface area contributed by atoms with Crippen LogP contribution in [0.25, 0.3) is 0 Å². The highest BCUT2D eigenvalue weighted by Gasteiger charge is 2.33. The first-order chi connectivity index (χ1) is 18.4. The number of nitrogens with zero attached hydrogens (tertiary/aromatic N) is 2. The highest BCUT2D eigenvalue weighted by Crippen LogP contribution is 2.27. The quantitative estimate of drug-likeness (QED) is 0.359. The van der Waals surface area contributed by atoms with E-state index < -0.39 is 28.5 Å². The van der Waals surface area contributed by atoms with Crippen LogP contribution in [0.5, 0.6) is 0 Å². The topological polar surface area (TPSA) is 86.8 Å². The third kappa shape index (κ3) is 7.47. The van der Waals surface area contributed by atoms with Crippen LogP contribution in [0.2, 0.25) is 0 Å². The molecule has 0 saturated carbocycles. The van der Waals surface area contributed by atoms with Gasteiger partial charge in [-0.05, 0) is 70.4 Å². The maximum Gasteiger partial charge on any atom is 0.264 e. The Morgan fingerprint density at radius 3 is 2.15 bits per heavy atom. The van der Waals surface area contributed by atoms with E-state index >= 15 is 0 Å². The average Bonchev–Trinajstić information content (AvgIpc) is 2.90. The van der Waals surface area contributed by atoms with Gasteiger partial charge in [0.1, 0.15) is 12.6 Å². The summed E-state index contributed by atoms with van der Waals surface area (Å²) in [5, 5.41) is 2.95. The second kappa shape index (κ2) is 12.9. The minimum atomic E-state index is -4.09. The molecule has 2 atom stereocenters. The molecule has 208 valence electrons. The van der Waals surface area contributed by atoms with Crippen molar-refractivity contribution in [2.75, 3.05) is 10.8 Å². The number of sulfonamides is 1. The minimum Gasteiger partial charge on any atom is -0.352 e. The van der Waals surface area contributed by atoms with Crippen molar-refractivity contribution in [3.05, 3.63) is 95.1 Å². The standard InChI is InChI=1S/C31H39N3O4S/c1-7-25(5)32-31(36)26(6)33(20-27-13-10-11-23(3)19-27)30(35)21-34(29-14-9-8-12-24(29)4)39(37,38)28-17-15-22(2)16-18-28/h8-19,25-26H,7,20-21H2,1-6H3,(H,32,36)/t25-,26-/m0/s1. The van der Waals surface area contributed by atoms with E-state index in [0.29, 0.717) is 11.3 Å². The number of amides is 2. The molecule has 0 aromatic heterocycles. The van der Waals surface area contributed by atoms with E-state index in [-0.39, 0.29) is 23.4 Å². The molecule has 0 heterocycles. The lowest BCUT2D eigenvalue weighted by Crippen LogP contribution is -2.52. The van der Waals surface area contributed by atoms with Gasteiger partial charge in [0.2, 0.25) is 11.8 Å². The number of hydrogen-bond acceptors (Lipinski definition) is 4. The van der Waals surface area contributed by atoms with E-state index in [1.54, 1.807) is 43.3 Å². The Hall–Kier alpha value is -3.65. The molecule has 0 aliphatic rings. The number of hydrogen-bond donors (Lipinski definition) is 1. The predicted molar refractivity (Wildman–Crippen MR) is 156 cm³/mol. The van der Waals surface area contributed by atoms with Gasteiger partial charge in [-0.25, -0.2) is 8.42 Å². The van der Waals surface area contributed by atoms with Crippen molar-refractivity contribution in [3.8, 4) is 0 Å². The molecule has 8 heteroatoms. The number of aryl methyl sites for hydroxylation is 3. The number of anilines is 1. The predicted octanol–water partition coefficient (Wildman–Crippen LogP) is 5.14. The molecule has 3 aromatic carbocycles. The van der Waals surface area contributed by atoms with Crippen molar-refractivity contribution in [2.24, 2.45) is 0 Å². The molecule has 0 aliphatic heterocycles. The van der Waals surface area contributed by atoms with E-state index in [1.165, 1.54) is 4.90 Å². The Kier molecular flexibility index (Phi) is 9.92. The first-order valence-electron chi connectivity index (χ1n) is 13.2. The van der Waals surface area contributed by atoms with E-state index in [2.05, 4.69) is 5.32 Å². The largest absolute Gasteiger partial charge is 0.352 e. The molecular formula is C31H39N3O4S. The molecule has 0 fully saturated rings. The molecule has 39 heavy (non-hydrogen) atoms. The van der Waals surface area contributed by atoms with Crippen LogP contribution in [0.3, 0.4) is 0 Å². The van der Waals surface area contributed by atoms with Crippen molar-refractivity contribution in [2.45, 2.75) is 71.5 Å². The van der Waals surface area contributed by atoms with Crippen LogP contribution in [0.15, 0.2) is 77.7 Å². The number of benzene rings is 3. The van der Waals surface area contributed by atoms with Gasteiger partial charge in [0.05, 0.1) is 10.6 Å². The van der Waals surface area contributed by atoms with Gasteiger partial charge in [0.15, 0.2) is 0 Å². The van der Waals surface area contributed by atoms with Gasteiger partial charge in [-0.1, -0.05) is 72.6 Å². The molecule has 0 aliphatic carbocycles. The van der Waals surface area contributed by atoms with Crippen LogP contribution in [-0.2, 0) is 26.2 Å². The summed E-state index contributed by atoms with van der Waals surface area (Å²) in [6, 6.07) is 20.5. The zero-order valence-electron chi connectivity index (χ0n) is 23.6. The number of rotatable bonds is 11. The van der Waals surface area contributed by atoms with E-state index in [9.17, 15) is 18.0 Å². The third-order valence-electron chi connectivity index (χ3n) is 6.88. The van der Waals surface area contributed by atoms with Gasteiger partial charge in [-0.15, -0.1) is 0 Å². The highest BCUT2D eigenvalue weighted by molar-refractivity contribution is 7.92. The zero-order valence-corrected chi connectivity index (χ0v) is 24.5. The summed E-state index contributed by atoms with van der Waals surface area (Å²) >= 11 is 0. The molecule has 0 saturated heterocycles. The fourth-order valence-electron chi connectivity index (χ4n) is 4.25. The Morgan fingerprint density at radius 1 is 0.872 bits per heavy atom. The summed E-state index contributed by atoms with van der Waals surface area (Å²) < 4.78 is 29.0. The van der Waals surface area contributed by atoms with Crippen molar-refractivity contribution >= 4 is 27.5 Å². The van der Waals surface area contributed by atoms with E-state index in [4.69, 9.17) is 0 Å². The average molecular weight is 550 g/mol. The van der Waals surface area contributed by atoms with E-state index in [1.807, 2.05) is 71.0 Å². The fourth-order valence-corrected chi connectivity index (χ4v) is 5.73. The van der Waals surface area contributed by atoms with Gasteiger partial charge >= 0.3 is 0 Å². The molecule has 0 bridgehead atoms.